The maximum atomic E-state index is 12.7. The quantitative estimate of drug-likeness (QED) is 0.671. The average molecular weight is 406 g/mol. The highest BCUT2D eigenvalue weighted by Crippen LogP contribution is 2.39. The topological polar surface area (TPSA) is 85.4 Å². The van der Waals surface area contributed by atoms with Gasteiger partial charge in [-0.2, -0.15) is 0 Å². The fourth-order valence-electron chi connectivity index (χ4n) is 3.14. The molecule has 2 heterocycles. The van der Waals surface area contributed by atoms with Gasteiger partial charge in [-0.3, -0.25) is 19.3 Å². The molecule has 3 rings (SSSR count). The molecule has 8 nitrogen and oxygen atoms in total. The maximum Gasteiger partial charge on any atom is 0.294 e. The van der Waals surface area contributed by atoms with Gasteiger partial charge in [-0.15, -0.1) is 0 Å². The van der Waals surface area contributed by atoms with Crippen LogP contribution in [-0.4, -0.2) is 67.8 Å². The molecule has 0 radical (unpaired) electrons. The zero-order chi connectivity index (χ0) is 20.3. The molecular weight excluding hydrogens is 384 g/mol. The summed E-state index contributed by atoms with van der Waals surface area (Å²) in [5, 5.41) is -0.463. The van der Waals surface area contributed by atoms with Crippen LogP contribution in [0.5, 0.6) is 17.2 Å². The van der Waals surface area contributed by atoms with Crippen molar-refractivity contribution in [3.63, 3.8) is 0 Å². The van der Waals surface area contributed by atoms with Crippen LogP contribution in [0.2, 0.25) is 0 Å². The average Bonchev–Trinajstić information content (AvgIpc) is 3.33. The van der Waals surface area contributed by atoms with Gasteiger partial charge in [0.05, 0.1) is 31.8 Å². The Kier molecular flexibility index (Phi) is 6.13. The molecule has 1 aromatic carbocycles. The molecule has 0 spiro atoms. The number of methoxy groups -OCH3 is 3. The van der Waals surface area contributed by atoms with E-state index in [9.17, 15) is 14.4 Å². The molecule has 0 bridgehead atoms. The first-order chi connectivity index (χ1) is 13.5. The molecule has 3 amide bonds. The lowest BCUT2D eigenvalue weighted by Crippen LogP contribution is -2.40. The van der Waals surface area contributed by atoms with E-state index in [-0.39, 0.29) is 17.4 Å². The van der Waals surface area contributed by atoms with E-state index in [1.165, 1.54) is 21.3 Å². The Morgan fingerprint density at radius 1 is 1.07 bits per heavy atom. The van der Waals surface area contributed by atoms with Gasteiger partial charge in [0.25, 0.3) is 11.1 Å². The van der Waals surface area contributed by atoms with Gasteiger partial charge in [-0.1, -0.05) is 0 Å². The third-order valence-electron chi connectivity index (χ3n) is 4.65. The van der Waals surface area contributed by atoms with Crippen molar-refractivity contribution in [1.29, 1.82) is 0 Å². The molecule has 1 aromatic rings. The van der Waals surface area contributed by atoms with Crippen molar-refractivity contribution in [2.75, 3.05) is 41.0 Å². The number of hydrogen-bond acceptors (Lipinski definition) is 7. The van der Waals surface area contributed by atoms with Crippen LogP contribution >= 0.6 is 11.8 Å². The number of amides is 3. The Bertz CT molecular complexity index is 807. The van der Waals surface area contributed by atoms with Crippen molar-refractivity contribution in [3.05, 3.63) is 22.6 Å². The number of benzene rings is 1. The molecule has 0 aliphatic carbocycles. The molecule has 2 fully saturated rings. The van der Waals surface area contributed by atoms with Crippen molar-refractivity contribution in [2.24, 2.45) is 0 Å². The number of thioether (sulfide) groups is 1. The van der Waals surface area contributed by atoms with E-state index in [0.717, 1.165) is 29.5 Å². The number of nitrogens with zero attached hydrogens (tertiary/aromatic N) is 2. The van der Waals surface area contributed by atoms with E-state index in [1.807, 2.05) is 0 Å². The SMILES string of the molecule is COc1cc(OC)c(/C=C2/SC(=O)N(CC(=O)N3CCCC3)C2=O)c(OC)c1. The molecule has 2 saturated heterocycles. The number of rotatable bonds is 6. The summed E-state index contributed by atoms with van der Waals surface area (Å²) in [4.78, 5) is 40.3. The first-order valence-corrected chi connectivity index (χ1v) is 9.63. The summed E-state index contributed by atoms with van der Waals surface area (Å²) < 4.78 is 16.0. The Balaban J connectivity index is 1.86. The van der Waals surface area contributed by atoms with E-state index >= 15 is 0 Å². The van der Waals surface area contributed by atoms with Crippen LogP contribution in [0.1, 0.15) is 18.4 Å². The lowest BCUT2D eigenvalue weighted by molar-refractivity contribution is -0.135. The summed E-state index contributed by atoms with van der Waals surface area (Å²) in [6.07, 6.45) is 3.44. The molecule has 0 unspecified atom stereocenters. The molecule has 0 aromatic heterocycles. The predicted molar refractivity (Wildman–Crippen MR) is 105 cm³/mol. The van der Waals surface area contributed by atoms with Crippen molar-refractivity contribution in [2.45, 2.75) is 12.8 Å². The van der Waals surface area contributed by atoms with Crippen molar-refractivity contribution in [1.82, 2.24) is 9.80 Å². The first-order valence-electron chi connectivity index (χ1n) is 8.81. The van der Waals surface area contributed by atoms with Crippen molar-refractivity contribution in [3.8, 4) is 17.2 Å². The summed E-state index contributed by atoms with van der Waals surface area (Å²) in [6, 6.07) is 3.32. The smallest absolute Gasteiger partial charge is 0.294 e. The normalized spacial score (nSPS) is 18.2. The zero-order valence-electron chi connectivity index (χ0n) is 16.0. The summed E-state index contributed by atoms with van der Waals surface area (Å²) in [7, 11) is 4.51. The van der Waals surface area contributed by atoms with Gasteiger partial charge in [0.2, 0.25) is 5.91 Å². The second-order valence-electron chi connectivity index (χ2n) is 6.30. The van der Waals surface area contributed by atoms with Crippen LogP contribution in [-0.2, 0) is 9.59 Å². The van der Waals surface area contributed by atoms with Crippen LogP contribution in [0.15, 0.2) is 17.0 Å². The van der Waals surface area contributed by atoms with Gasteiger partial charge in [-0.05, 0) is 30.7 Å². The molecule has 150 valence electrons. The van der Waals surface area contributed by atoms with Gasteiger partial charge in [0.15, 0.2) is 0 Å². The predicted octanol–water partition coefficient (Wildman–Crippen LogP) is 2.37. The molecule has 2 aliphatic heterocycles. The van der Waals surface area contributed by atoms with E-state index in [0.29, 0.717) is 35.9 Å². The van der Waals surface area contributed by atoms with Crippen molar-refractivity contribution < 1.29 is 28.6 Å². The zero-order valence-corrected chi connectivity index (χ0v) is 16.8. The summed E-state index contributed by atoms with van der Waals surface area (Å²) in [5.74, 6) is 0.713. The minimum atomic E-state index is -0.498. The van der Waals surface area contributed by atoms with Gasteiger partial charge in [-0.25, -0.2) is 0 Å². The first kappa shape index (κ1) is 20.1. The molecule has 0 saturated carbocycles. The Hall–Kier alpha value is -2.68. The van der Waals surface area contributed by atoms with Gasteiger partial charge in [0.1, 0.15) is 23.8 Å². The summed E-state index contributed by atoms with van der Waals surface area (Å²) in [5.41, 5.74) is 0.516. The van der Waals surface area contributed by atoms with Crippen LogP contribution in [0.25, 0.3) is 6.08 Å². The highest BCUT2D eigenvalue weighted by Gasteiger charge is 2.37. The van der Waals surface area contributed by atoms with Crippen LogP contribution < -0.4 is 14.2 Å². The monoisotopic (exact) mass is 406 g/mol. The molecule has 9 heteroatoms. The summed E-state index contributed by atoms with van der Waals surface area (Å²) in [6.45, 7) is 1.11. The molecule has 0 atom stereocenters. The number of carbonyl (C=O) groups is 3. The number of likely N-dealkylation sites (tertiary alicyclic amines) is 1. The van der Waals surface area contributed by atoms with E-state index in [4.69, 9.17) is 14.2 Å². The fourth-order valence-corrected chi connectivity index (χ4v) is 3.96. The Labute approximate surface area is 167 Å². The molecule has 28 heavy (non-hydrogen) atoms. The van der Waals surface area contributed by atoms with Crippen LogP contribution in [0.4, 0.5) is 4.79 Å². The highest BCUT2D eigenvalue weighted by molar-refractivity contribution is 8.18. The molecular formula is C19H22N2O6S. The Morgan fingerprint density at radius 3 is 2.21 bits per heavy atom. The van der Waals surface area contributed by atoms with E-state index in [2.05, 4.69) is 0 Å². The Morgan fingerprint density at radius 2 is 1.68 bits per heavy atom. The number of ether oxygens (including phenoxy) is 3. The van der Waals surface area contributed by atoms with E-state index in [1.54, 1.807) is 23.1 Å². The number of hydrogen-bond donors (Lipinski definition) is 0. The fraction of sp³-hybridized carbons (Fsp3) is 0.421. The lowest BCUT2D eigenvalue weighted by atomic mass is 10.1. The highest BCUT2D eigenvalue weighted by atomic mass is 32.2. The van der Waals surface area contributed by atoms with Gasteiger partial charge >= 0.3 is 0 Å². The second kappa shape index (κ2) is 8.55. The van der Waals surface area contributed by atoms with E-state index < -0.39 is 11.1 Å². The molecule has 0 N–H and O–H groups in total. The minimum Gasteiger partial charge on any atom is -0.496 e. The summed E-state index contributed by atoms with van der Waals surface area (Å²) >= 11 is 0.795. The van der Waals surface area contributed by atoms with Crippen molar-refractivity contribution >= 4 is 34.9 Å². The second-order valence-corrected chi connectivity index (χ2v) is 7.29. The van der Waals surface area contributed by atoms with Crippen LogP contribution in [0, 0.1) is 0 Å². The minimum absolute atomic E-state index is 0.208. The standard InChI is InChI=1S/C19H22N2O6S/c1-25-12-8-14(26-2)13(15(9-12)27-3)10-16-18(23)21(19(24)28-16)11-17(22)20-6-4-5-7-20/h8-10H,4-7,11H2,1-3H3/b16-10+. The van der Waals surface area contributed by atoms with Gasteiger partial charge < -0.3 is 19.1 Å². The molecule has 2 aliphatic rings. The van der Waals surface area contributed by atoms with Gasteiger partial charge in [0, 0.05) is 25.2 Å². The number of carbonyl (C=O) groups excluding carboxylic acids is 3. The third kappa shape index (κ3) is 3.94. The number of imide groups is 1. The largest absolute Gasteiger partial charge is 0.496 e. The lowest BCUT2D eigenvalue weighted by Gasteiger charge is -2.18. The van der Waals surface area contributed by atoms with Crippen LogP contribution in [0.3, 0.4) is 0 Å². The maximum absolute atomic E-state index is 12.7. The third-order valence-corrected chi connectivity index (χ3v) is 5.56.